The van der Waals surface area contributed by atoms with E-state index in [1.54, 1.807) is 11.3 Å². The van der Waals surface area contributed by atoms with Crippen LogP contribution < -0.4 is 5.32 Å². The van der Waals surface area contributed by atoms with E-state index in [-0.39, 0.29) is 0 Å². The van der Waals surface area contributed by atoms with E-state index in [2.05, 4.69) is 49.2 Å². The second kappa shape index (κ2) is 5.92. The first-order valence-electron chi connectivity index (χ1n) is 4.24. The molecule has 1 rings (SSSR count). The molecule has 0 aliphatic carbocycles. The fourth-order valence-electron chi connectivity index (χ4n) is 1.27. The fourth-order valence-corrected chi connectivity index (χ4v) is 4.25. The van der Waals surface area contributed by atoms with E-state index in [1.807, 2.05) is 7.05 Å². The number of halogens is 2. The third kappa shape index (κ3) is 3.09. The van der Waals surface area contributed by atoms with Gasteiger partial charge in [-0.05, 0) is 57.0 Å². The molecule has 1 heterocycles. The number of hydrogen-bond acceptors (Lipinski definition) is 2. The maximum atomic E-state index is 5.26. The lowest BCUT2D eigenvalue weighted by Crippen LogP contribution is -2.15. The van der Waals surface area contributed by atoms with Crippen molar-refractivity contribution in [1.82, 2.24) is 5.32 Å². The maximum absolute atomic E-state index is 5.26. The average molecular weight is 337 g/mol. The van der Waals surface area contributed by atoms with Crippen molar-refractivity contribution in [1.29, 1.82) is 0 Å². The zero-order valence-corrected chi connectivity index (χ0v) is 11.8. The van der Waals surface area contributed by atoms with Gasteiger partial charge in [-0.2, -0.15) is 0 Å². The van der Waals surface area contributed by atoms with Crippen LogP contribution in [0.2, 0.25) is 0 Å². The Morgan fingerprint density at radius 1 is 1.64 bits per heavy atom. The molecule has 0 fully saturated rings. The molecule has 0 spiro atoms. The standard InChI is InChI=1S/C10H11Br2NS/c1-3-4-5-8(13-2)7-6-9(11)14-10(7)12/h1,6,8,13H,4-5H2,2H3. The van der Waals surface area contributed by atoms with E-state index in [0.29, 0.717) is 6.04 Å². The van der Waals surface area contributed by atoms with Gasteiger partial charge in [-0.3, -0.25) is 0 Å². The van der Waals surface area contributed by atoms with Crippen molar-refractivity contribution < 1.29 is 0 Å². The van der Waals surface area contributed by atoms with E-state index in [9.17, 15) is 0 Å². The van der Waals surface area contributed by atoms with E-state index in [0.717, 1.165) is 16.6 Å². The molecular formula is C10H11Br2NS. The summed E-state index contributed by atoms with van der Waals surface area (Å²) in [4.78, 5) is 0. The van der Waals surface area contributed by atoms with Gasteiger partial charge in [0.1, 0.15) is 0 Å². The van der Waals surface area contributed by atoms with Crippen molar-refractivity contribution in [3.63, 3.8) is 0 Å². The Balaban J connectivity index is 2.79. The van der Waals surface area contributed by atoms with Crippen molar-refractivity contribution in [2.45, 2.75) is 18.9 Å². The van der Waals surface area contributed by atoms with Gasteiger partial charge in [0, 0.05) is 12.5 Å². The highest BCUT2D eigenvalue weighted by atomic mass is 79.9. The van der Waals surface area contributed by atoms with Crippen LogP contribution in [0, 0.1) is 12.3 Å². The van der Waals surface area contributed by atoms with Crippen LogP contribution in [0.4, 0.5) is 0 Å². The molecule has 0 aliphatic rings. The van der Waals surface area contributed by atoms with Crippen LogP contribution in [-0.2, 0) is 0 Å². The largest absolute Gasteiger partial charge is 0.313 e. The number of terminal acetylenes is 1. The molecule has 1 N–H and O–H groups in total. The van der Waals surface area contributed by atoms with Crippen LogP contribution in [-0.4, -0.2) is 7.05 Å². The average Bonchev–Trinajstić information content (AvgIpc) is 2.47. The molecule has 0 saturated carbocycles. The minimum atomic E-state index is 0.336. The zero-order chi connectivity index (χ0) is 10.6. The summed E-state index contributed by atoms with van der Waals surface area (Å²) in [6.07, 6.45) is 7.02. The third-order valence-corrected chi connectivity index (χ3v) is 4.37. The lowest BCUT2D eigenvalue weighted by atomic mass is 10.1. The zero-order valence-electron chi connectivity index (χ0n) is 7.81. The Bertz CT molecular complexity index is 340. The molecule has 0 saturated heterocycles. The molecule has 1 nitrogen and oxygen atoms in total. The van der Waals surface area contributed by atoms with E-state index in [4.69, 9.17) is 6.42 Å². The highest BCUT2D eigenvalue weighted by Gasteiger charge is 2.14. The molecule has 0 aliphatic heterocycles. The highest BCUT2D eigenvalue weighted by molar-refractivity contribution is 9.12. The molecule has 4 heteroatoms. The molecule has 1 atom stereocenters. The molecule has 1 aromatic heterocycles. The van der Waals surface area contributed by atoms with Crippen LogP contribution in [0.15, 0.2) is 13.6 Å². The Labute approximate surface area is 106 Å². The summed E-state index contributed by atoms with van der Waals surface area (Å²) >= 11 is 8.70. The summed E-state index contributed by atoms with van der Waals surface area (Å²) in [5.41, 5.74) is 1.28. The van der Waals surface area contributed by atoms with Crippen LogP contribution in [0.25, 0.3) is 0 Å². The number of hydrogen-bond donors (Lipinski definition) is 1. The van der Waals surface area contributed by atoms with Crippen molar-refractivity contribution >= 4 is 43.2 Å². The van der Waals surface area contributed by atoms with Crippen molar-refractivity contribution in [3.8, 4) is 12.3 Å². The summed E-state index contributed by atoms with van der Waals surface area (Å²) in [6.45, 7) is 0. The minimum absolute atomic E-state index is 0.336. The van der Waals surface area contributed by atoms with E-state index < -0.39 is 0 Å². The van der Waals surface area contributed by atoms with Gasteiger partial charge in [-0.1, -0.05) is 0 Å². The smallest absolute Gasteiger partial charge is 0.0758 e. The van der Waals surface area contributed by atoms with Gasteiger partial charge >= 0.3 is 0 Å². The highest BCUT2D eigenvalue weighted by Crippen LogP contribution is 2.36. The second-order valence-electron chi connectivity index (χ2n) is 2.86. The summed E-state index contributed by atoms with van der Waals surface area (Å²) in [5, 5.41) is 3.27. The molecule has 1 unspecified atom stereocenters. The van der Waals surface area contributed by atoms with Crippen LogP contribution in [0.1, 0.15) is 24.4 Å². The summed E-state index contributed by atoms with van der Waals surface area (Å²) in [6, 6.07) is 2.47. The lowest BCUT2D eigenvalue weighted by molar-refractivity contribution is 0.558. The molecule has 76 valence electrons. The summed E-state index contributed by atoms with van der Waals surface area (Å²) < 4.78 is 2.31. The van der Waals surface area contributed by atoms with Crippen LogP contribution in [0.3, 0.4) is 0 Å². The Morgan fingerprint density at radius 3 is 2.79 bits per heavy atom. The fraction of sp³-hybridized carbons (Fsp3) is 0.400. The molecule has 1 aromatic rings. The SMILES string of the molecule is C#CCCC(NC)c1cc(Br)sc1Br. The Morgan fingerprint density at radius 2 is 2.36 bits per heavy atom. The number of nitrogens with one attached hydrogen (secondary N) is 1. The molecule has 0 amide bonds. The first kappa shape index (κ1) is 12.3. The normalized spacial score (nSPS) is 12.4. The first-order chi connectivity index (χ1) is 6.69. The van der Waals surface area contributed by atoms with Gasteiger partial charge in [0.05, 0.1) is 7.57 Å². The molecule has 14 heavy (non-hydrogen) atoms. The Kier molecular flexibility index (Phi) is 5.18. The number of rotatable bonds is 4. The summed E-state index contributed by atoms with van der Waals surface area (Å²) in [5.74, 6) is 2.66. The van der Waals surface area contributed by atoms with Gasteiger partial charge in [-0.25, -0.2) is 0 Å². The Hall–Kier alpha value is 0.180. The first-order valence-corrected chi connectivity index (χ1v) is 6.64. The minimum Gasteiger partial charge on any atom is -0.313 e. The van der Waals surface area contributed by atoms with Gasteiger partial charge in [-0.15, -0.1) is 23.7 Å². The quantitative estimate of drug-likeness (QED) is 0.821. The third-order valence-electron chi connectivity index (χ3n) is 1.98. The van der Waals surface area contributed by atoms with Crippen molar-refractivity contribution in [2.24, 2.45) is 0 Å². The summed E-state index contributed by atoms with van der Waals surface area (Å²) in [7, 11) is 1.96. The molecular weight excluding hydrogens is 326 g/mol. The molecule has 0 radical (unpaired) electrons. The van der Waals surface area contributed by atoms with E-state index in [1.165, 1.54) is 9.35 Å². The predicted molar refractivity (Wildman–Crippen MR) is 69.6 cm³/mol. The van der Waals surface area contributed by atoms with E-state index >= 15 is 0 Å². The second-order valence-corrected chi connectivity index (χ2v) is 6.61. The molecule has 0 aromatic carbocycles. The van der Waals surface area contributed by atoms with Crippen LogP contribution >= 0.6 is 43.2 Å². The molecule has 0 bridgehead atoms. The number of thiophene rings is 1. The van der Waals surface area contributed by atoms with Crippen molar-refractivity contribution in [3.05, 3.63) is 19.2 Å². The monoisotopic (exact) mass is 335 g/mol. The van der Waals surface area contributed by atoms with Crippen molar-refractivity contribution in [2.75, 3.05) is 7.05 Å². The van der Waals surface area contributed by atoms with Gasteiger partial charge < -0.3 is 5.32 Å². The van der Waals surface area contributed by atoms with Gasteiger partial charge in [0.25, 0.3) is 0 Å². The maximum Gasteiger partial charge on any atom is 0.0758 e. The van der Waals surface area contributed by atoms with Gasteiger partial charge in [0.2, 0.25) is 0 Å². The predicted octanol–water partition coefficient (Wildman–Crippen LogP) is 3.95. The van der Waals surface area contributed by atoms with Crippen LogP contribution in [0.5, 0.6) is 0 Å². The topological polar surface area (TPSA) is 12.0 Å². The lowest BCUT2D eigenvalue weighted by Gasteiger charge is -2.13. The van der Waals surface area contributed by atoms with Gasteiger partial charge in [0.15, 0.2) is 0 Å².